The highest BCUT2D eigenvalue weighted by Crippen LogP contribution is 2.40. The third kappa shape index (κ3) is 1.25. The van der Waals surface area contributed by atoms with Crippen molar-refractivity contribution in [2.75, 3.05) is 0 Å². The maximum Gasteiger partial charge on any atom is 0.101 e. The SMILES string of the molecule is N#Cc1ccc2c(c1C#N)[C]c1ccccc1-2. The molecular formula is C15H6N2. The number of hydrogen-bond acceptors (Lipinski definition) is 2. The van der Waals surface area contributed by atoms with E-state index < -0.39 is 0 Å². The Kier molecular flexibility index (Phi) is 1.97. The molecule has 3 rings (SSSR count). The van der Waals surface area contributed by atoms with Crippen LogP contribution in [0.3, 0.4) is 0 Å². The Morgan fingerprint density at radius 3 is 2.47 bits per heavy atom. The molecule has 76 valence electrons. The van der Waals surface area contributed by atoms with Crippen molar-refractivity contribution >= 4 is 0 Å². The van der Waals surface area contributed by atoms with Gasteiger partial charge in [0, 0.05) is 0 Å². The van der Waals surface area contributed by atoms with E-state index in [0.29, 0.717) is 11.1 Å². The van der Waals surface area contributed by atoms with Crippen LogP contribution in [-0.4, -0.2) is 0 Å². The molecule has 2 heteroatoms. The molecule has 0 aromatic heterocycles. The van der Waals surface area contributed by atoms with Crippen LogP contribution in [0.5, 0.6) is 0 Å². The van der Waals surface area contributed by atoms with Gasteiger partial charge in [-0.3, -0.25) is 0 Å². The van der Waals surface area contributed by atoms with Gasteiger partial charge in [0.1, 0.15) is 12.1 Å². The molecule has 0 aliphatic heterocycles. The van der Waals surface area contributed by atoms with Gasteiger partial charge in [-0.1, -0.05) is 30.3 Å². The van der Waals surface area contributed by atoms with Crippen molar-refractivity contribution in [2.45, 2.75) is 0 Å². The quantitative estimate of drug-likeness (QED) is 0.577. The van der Waals surface area contributed by atoms with Gasteiger partial charge in [-0.05, 0) is 28.3 Å². The van der Waals surface area contributed by atoms with Crippen LogP contribution in [0, 0.1) is 29.1 Å². The molecule has 0 bridgehead atoms. The van der Waals surface area contributed by atoms with E-state index in [4.69, 9.17) is 10.5 Å². The molecule has 2 nitrogen and oxygen atoms in total. The molecule has 0 saturated heterocycles. The summed E-state index contributed by atoms with van der Waals surface area (Å²) in [7, 11) is 0. The molecule has 1 aliphatic rings. The van der Waals surface area contributed by atoms with Crippen molar-refractivity contribution in [3.63, 3.8) is 0 Å². The van der Waals surface area contributed by atoms with Crippen molar-refractivity contribution in [1.29, 1.82) is 10.5 Å². The van der Waals surface area contributed by atoms with Crippen molar-refractivity contribution in [2.24, 2.45) is 0 Å². The normalized spacial score (nSPS) is 11.2. The largest absolute Gasteiger partial charge is 0.192 e. The van der Waals surface area contributed by atoms with Crippen LogP contribution in [0.2, 0.25) is 0 Å². The fourth-order valence-electron chi connectivity index (χ4n) is 2.13. The van der Waals surface area contributed by atoms with Crippen molar-refractivity contribution in [3.8, 4) is 23.3 Å². The van der Waals surface area contributed by atoms with Crippen LogP contribution in [0.1, 0.15) is 22.3 Å². The molecule has 2 radical (unpaired) electrons. The zero-order valence-electron chi connectivity index (χ0n) is 8.86. The van der Waals surface area contributed by atoms with E-state index in [1.54, 1.807) is 6.07 Å². The average Bonchev–Trinajstić information content (AvgIpc) is 2.75. The van der Waals surface area contributed by atoms with E-state index >= 15 is 0 Å². The van der Waals surface area contributed by atoms with Gasteiger partial charge in [0.25, 0.3) is 0 Å². The summed E-state index contributed by atoms with van der Waals surface area (Å²) in [5.74, 6) is 0. The predicted octanol–water partition coefficient (Wildman–Crippen LogP) is 2.89. The summed E-state index contributed by atoms with van der Waals surface area (Å²) in [6.45, 7) is 0. The van der Waals surface area contributed by atoms with Crippen LogP contribution >= 0.6 is 0 Å². The van der Waals surface area contributed by atoms with Crippen LogP contribution in [-0.2, 0) is 0 Å². The number of nitrogens with zero attached hydrogens (tertiary/aromatic N) is 2. The summed E-state index contributed by atoms with van der Waals surface area (Å²) < 4.78 is 0. The van der Waals surface area contributed by atoms with Gasteiger partial charge in [0.15, 0.2) is 0 Å². The second-order valence-corrected chi connectivity index (χ2v) is 3.80. The molecule has 0 N–H and O–H groups in total. The summed E-state index contributed by atoms with van der Waals surface area (Å²) in [6.07, 6.45) is 3.20. The van der Waals surface area contributed by atoms with Crippen LogP contribution in [0.4, 0.5) is 0 Å². The first kappa shape index (κ1) is 9.63. The van der Waals surface area contributed by atoms with Gasteiger partial charge in [-0.15, -0.1) is 0 Å². The molecule has 0 spiro atoms. The summed E-state index contributed by atoms with van der Waals surface area (Å²) in [5.41, 5.74) is 4.61. The molecule has 0 amide bonds. The van der Waals surface area contributed by atoms with Gasteiger partial charge in [-0.25, -0.2) is 0 Å². The van der Waals surface area contributed by atoms with E-state index in [9.17, 15) is 0 Å². The summed E-state index contributed by atoms with van der Waals surface area (Å²) in [6, 6.07) is 15.6. The standard InChI is InChI=1S/C15H6N2/c16-8-11-5-6-13-12-4-2-1-3-10(12)7-14(13)15(11)9-17/h1-6H. The highest BCUT2D eigenvalue weighted by Gasteiger charge is 2.23. The van der Waals surface area contributed by atoms with E-state index in [1.165, 1.54) is 0 Å². The van der Waals surface area contributed by atoms with E-state index in [2.05, 4.69) is 12.5 Å². The maximum absolute atomic E-state index is 9.15. The fourth-order valence-corrected chi connectivity index (χ4v) is 2.13. The molecule has 0 unspecified atom stereocenters. The third-order valence-corrected chi connectivity index (χ3v) is 2.91. The average molecular weight is 214 g/mol. The first-order valence-electron chi connectivity index (χ1n) is 5.19. The number of benzene rings is 2. The Hall–Kier alpha value is -2.58. The maximum atomic E-state index is 9.15. The van der Waals surface area contributed by atoms with Gasteiger partial charge in [0.05, 0.1) is 17.5 Å². The van der Waals surface area contributed by atoms with Gasteiger partial charge >= 0.3 is 0 Å². The summed E-state index contributed by atoms with van der Waals surface area (Å²) >= 11 is 0. The van der Waals surface area contributed by atoms with Crippen molar-refractivity contribution in [3.05, 3.63) is 65.1 Å². The van der Waals surface area contributed by atoms with Crippen molar-refractivity contribution in [1.82, 2.24) is 0 Å². The molecule has 17 heavy (non-hydrogen) atoms. The topological polar surface area (TPSA) is 47.6 Å². The highest BCUT2D eigenvalue weighted by molar-refractivity contribution is 5.84. The van der Waals surface area contributed by atoms with Crippen LogP contribution in [0.25, 0.3) is 11.1 Å². The molecular weight excluding hydrogens is 208 g/mol. The Balaban J connectivity index is 2.33. The second-order valence-electron chi connectivity index (χ2n) is 3.80. The Morgan fingerprint density at radius 2 is 1.71 bits per heavy atom. The molecule has 0 atom stereocenters. The minimum absolute atomic E-state index is 0.409. The van der Waals surface area contributed by atoms with Gasteiger partial charge in [0.2, 0.25) is 0 Å². The zero-order valence-corrected chi connectivity index (χ0v) is 8.86. The van der Waals surface area contributed by atoms with Gasteiger partial charge in [-0.2, -0.15) is 10.5 Å². The highest BCUT2D eigenvalue weighted by atomic mass is 14.3. The molecule has 0 saturated carbocycles. The first-order valence-corrected chi connectivity index (χ1v) is 5.19. The van der Waals surface area contributed by atoms with Crippen LogP contribution in [0.15, 0.2) is 36.4 Å². The van der Waals surface area contributed by atoms with E-state index in [0.717, 1.165) is 22.3 Å². The van der Waals surface area contributed by atoms with Crippen molar-refractivity contribution < 1.29 is 0 Å². The molecule has 1 aliphatic carbocycles. The minimum Gasteiger partial charge on any atom is -0.192 e. The molecule has 2 aromatic rings. The fraction of sp³-hybridized carbons (Fsp3) is 0. The number of nitriles is 2. The molecule has 2 aromatic carbocycles. The lowest BCUT2D eigenvalue weighted by atomic mass is 9.97. The number of fused-ring (bicyclic) bond motifs is 3. The lowest BCUT2D eigenvalue weighted by molar-refractivity contribution is 1.40. The number of hydrogen-bond donors (Lipinski definition) is 0. The lowest BCUT2D eigenvalue weighted by Gasteiger charge is -2.03. The summed E-state index contributed by atoms with van der Waals surface area (Å²) in [5, 5.41) is 18.1. The zero-order chi connectivity index (χ0) is 11.8. The smallest absolute Gasteiger partial charge is 0.101 e. The number of rotatable bonds is 0. The minimum atomic E-state index is 0.409. The molecule has 0 heterocycles. The Morgan fingerprint density at radius 1 is 0.882 bits per heavy atom. The molecule has 0 fully saturated rings. The van der Waals surface area contributed by atoms with Gasteiger partial charge < -0.3 is 0 Å². The van der Waals surface area contributed by atoms with E-state index in [-0.39, 0.29) is 0 Å². The Bertz CT molecular complexity index is 700. The first-order chi connectivity index (χ1) is 8.35. The Labute approximate surface area is 99.4 Å². The van der Waals surface area contributed by atoms with Crippen LogP contribution < -0.4 is 0 Å². The summed E-state index contributed by atoms with van der Waals surface area (Å²) in [4.78, 5) is 0. The third-order valence-electron chi connectivity index (χ3n) is 2.91. The monoisotopic (exact) mass is 214 g/mol. The predicted molar refractivity (Wildman–Crippen MR) is 62.8 cm³/mol. The lowest BCUT2D eigenvalue weighted by Crippen LogP contribution is -1.90. The van der Waals surface area contributed by atoms with E-state index in [1.807, 2.05) is 36.4 Å². The second kappa shape index (κ2) is 3.47.